The van der Waals surface area contributed by atoms with Crippen LogP contribution in [0.5, 0.6) is 5.75 Å². The molecule has 2 aromatic rings. The lowest BCUT2D eigenvalue weighted by atomic mass is 9.77. The molecular weight excluding hydrogens is 384 g/mol. The van der Waals surface area contributed by atoms with Crippen LogP contribution in [0, 0.1) is 10.2 Å². The van der Waals surface area contributed by atoms with Gasteiger partial charge in [0, 0.05) is 55.8 Å². The van der Waals surface area contributed by atoms with Crippen LogP contribution in [0.1, 0.15) is 19.3 Å². The third-order valence-corrected chi connectivity index (χ3v) is 7.65. The molecule has 2 aliphatic heterocycles. The number of aromatic nitrogens is 1. The zero-order valence-corrected chi connectivity index (χ0v) is 17.3. The highest BCUT2D eigenvalue weighted by atomic mass is 35.5. The highest BCUT2D eigenvalue weighted by Crippen LogP contribution is 2.43. The second-order valence-electron chi connectivity index (χ2n) is 7.74. The number of hydrogen-bond acceptors (Lipinski definition) is 5. The normalized spacial score (nSPS) is 22.3. The molecule has 8 heteroatoms. The number of pyridine rings is 1. The molecule has 4 rings (SSSR count). The van der Waals surface area contributed by atoms with E-state index in [0.29, 0.717) is 10.8 Å². The summed E-state index contributed by atoms with van der Waals surface area (Å²) >= 11 is 6.35. The summed E-state index contributed by atoms with van der Waals surface area (Å²) in [6.45, 7) is 3.44. The average molecular weight is 409 g/mol. The number of halogens is 1. The standard InChI is InChI=1S/C19H25ClN4O2S/c1-26-18-12-16-14(11-15(18)20)17(3-7-22-16)23-8-4-19(5-9-23)6-10-24(13-19)27(2,21)25/h3,7,11-12,21H,4-6,8-10,13H2,1-2H3. The third kappa shape index (κ3) is 3.48. The molecule has 1 aromatic heterocycles. The summed E-state index contributed by atoms with van der Waals surface area (Å²) in [5.74, 6) is 0.635. The van der Waals surface area contributed by atoms with E-state index in [-0.39, 0.29) is 5.41 Å². The number of piperidine rings is 1. The van der Waals surface area contributed by atoms with Crippen molar-refractivity contribution >= 4 is 38.1 Å². The molecular formula is C19H25ClN4O2S. The van der Waals surface area contributed by atoms with E-state index in [0.717, 1.165) is 62.0 Å². The van der Waals surface area contributed by atoms with Crippen LogP contribution in [0.25, 0.3) is 10.9 Å². The molecule has 1 spiro atoms. The Balaban J connectivity index is 1.56. The number of anilines is 1. The van der Waals surface area contributed by atoms with E-state index in [4.69, 9.17) is 21.1 Å². The summed E-state index contributed by atoms with van der Waals surface area (Å²) in [6, 6.07) is 5.87. The van der Waals surface area contributed by atoms with Gasteiger partial charge in [-0.3, -0.25) is 4.98 Å². The van der Waals surface area contributed by atoms with Crippen LogP contribution in [0.2, 0.25) is 5.02 Å². The Labute approximate surface area is 165 Å². The first-order valence-electron chi connectivity index (χ1n) is 9.17. The minimum atomic E-state index is -2.60. The maximum atomic E-state index is 12.1. The van der Waals surface area contributed by atoms with Gasteiger partial charge in [-0.1, -0.05) is 11.6 Å². The van der Waals surface area contributed by atoms with E-state index in [2.05, 4.69) is 9.88 Å². The number of nitrogens with one attached hydrogen (secondary N) is 1. The number of hydrogen-bond donors (Lipinski definition) is 1. The van der Waals surface area contributed by atoms with Crippen molar-refractivity contribution < 1.29 is 8.95 Å². The zero-order valence-electron chi connectivity index (χ0n) is 15.7. The van der Waals surface area contributed by atoms with Crippen LogP contribution in [0.15, 0.2) is 24.4 Å². The quantitative estimate of drug-likeness (QED) is 0.838. The Hall–Kier alpha value is -1.57. The Morgan fingerprint density at radius 3 is 2.59 bits per heavy atom. The molecule has 1 aromatic carbocycles. The zero-order chi connectivity index (χ0) is 19.2. The largest absolute Gasteiger partial charge is 0.495 e. The number of ether oxygens (including phenoxy) is 1. The number of benzene rings is 1. The van der Waals surface area contributed by atoms with E-state index in [9.17, 15) is 4.21 Å². The fraction of sp³-hybridized carbons (Fsp3) is 0.526. The predicted octanol–water partition coefficient (Wildman–Crippen LogP) is 3.78. The van der Waals surface area contributed by atoms with Crippen molar-refractivity contribution in [3.63, 3.8) is 0 Å². The molecule has 1 N–H and O–H groups in total. The second-order valence-corrected chi connectivity index (χ2v) is 10.3. The van der Waals surface area contributed by atoms with Gasteiger partial charge in [0.15, 0.2) is 0 Å². The molecule has 1 atom stereocenters. The molecule has 3 heterocycles. The molecule has 2 saturated heterocycles. The summed E-state index contributed by atoms with van der Waals surface area (Å²) in [7, 11) is -0.990. The van der Waals surface area contributed by atoms with Gasteiger partial charge in [0.05, 0.1) is 17.6 Å². The molecule has 27 heavy (non-hydrogen) atoms. The van der Waals surface area contributed by atoms with Gasteiger partial charge in [0.25, 0.3) is 0 Å². The topological polar surface area (TPSA) is 69.5 Å². The molecule has 2 aliphatic rings. The molecule has 0 bridgehead atoms. The van der Waals surface area contributed by atoms with E-state index >= 15 is 0 Å². The molecule has 2 fully saturated rings. The Morgan fingerprint density at radius 2 is 1.96 bits per heavy atom. The Bertz CT molecular complexity index is 971. The van der Waals surface area contributed by atoms with Crippen LogP contribution in [0.4, 0.5) is 5.69 Å². The van der Waals surface area contributed by atoms with Gasteiger partial charge in [0.1, 0.15) is 15.7 Å². The maximum Gasteiger partial charge on any atom is 0.139 e. The molecule has 0 saturated carbocycles. The van der Waals surface area contributed by atoms with Crippen molar-refractivity contribution in [1.82, 2.24) is 9.29 Å². The number of rotatable bonds is 3. The van der Waals surface area contributed by atoms with E-state index in [1.54, 1.807) is 7.11 Å². The van der Waals surface area contributed by atoms with Crippen LogP contribution >= 0.6 is 11.6 Å². The first-order chi connectivity index (χ1) is 12.8. The number of nitrogens with zero attached hydrogens (tertiary/aromatic N) is 3. The van der Waals surface area contributed by atoms with Crippen LogP contribution < -0.4 is 9.64 Å². The first kappa shape index (κ1) is 18.8. The van der Waals surface area contributed by atoms with Crippen molar-refractivity contribution in [1.29, 1.82) is 4.78 Å². The van der Waals surface area contributed by atoms with Gasteiger partial charge in [-0.2, -0.15) is 0 Å². The van der Waals surface area contributed by atoms with Crippen molar-refractivity contribution in [2.75, 3.05) is 44.4 Å². The molecule has 1 unspecified atom stereocenters. The Kier molecular flexibility index (Phi) is 4.72. The van der Waals surface area contributed by atoms with Crippen LogP contribution in [-0.4, -0.2) is 53.0 Å². The molecule has 6 nitrogen and oxygen atoms in total. The first-order valence-corrected chi connectivity index (χ1v) is 11.5. The molecule has 0 radical (unpaired) electrons. The highest BCUT2D eigenvalue weighted by Gasteiger charge is 2.42. The molecule has 0 amide bonds. The predicted molar refractivity (Wildman–Crippen MR) is 110 cm³/mol. The third-order valence-electron chi connectivity index (χ3n) is 6.05. The van der Waals surface area contributed by atoms with Gasteiger partial charge in [0.2, 0.25) is 0 Å². The van der Waals surface area contributed by atoms with E-state index in [1.807, 2.05) is 28.7 Å². The van der Waals surface area contributed by atoms with Crippen molar-refractivity contribution in [3.8, 4) is 5.75 Å². The van der Waals surface area contributed by atoms with Crippen molar-refractivity contribution in [2.45, 2.75) is 19.3 Å². The van der Waals surface area contributed by atoms with Crippen molar-refractivity contribution in [2.24, 2.45) is 5.41 Å². The average Bonchev–Trinajstić information content (AvgIpc) is 3.06. The van der Waals surface area contributed by atoms with Gasteiger partial charge in [-0.25, -0.2) is 13.3 Å². The molecule has 146 valence electrons. The maximum absolute atomic E-state index is 12.1. The van der Waals surface area contributed by atoms with Crippen LogP contribution in [-0.2, 0) is 9.92 Å². The minimum absolute atomic E-state index is 0.194. The Morgan fingerprint density at radius 1 is 1.26 bits per heavy atom. The fourth-order valence-electron chi connectivity index (χ4n) is 4.39. The second kappa shape index (κ2) is 6.79. The summed E-state index contributed by atoms with van der Waals surface area (Å²) in [5, 5.41) is 1.63. The van der Waals surface area contributed by atoms with Crippen LogP contribution in [0.3, 0.4) is 0 Å². The molecule has 0 aliphatic carbocycles. The number of methoxy groups -OCH3 is 1. The van der Waals surface area contributed by atoms with Gasteiger partial charge < -0.3 is 9.64 Å². The van der Waals surface area contributed by atoms with Gasteiger partial charge >= 0.3 is 0 Å². The van der Waals surface area contributed by atoms with Gasteiger partial charge in [-0.05, 0) is 36.8 Å². The summed E-state index contributed by atoms with van der Waals surface area (Å²) < 4.78 is 27.1. The smallest absolute Gasteiger partial charge is 0.139 e. The SMILES string of the molecule is COc1cc2nccc(N3CCC4(CC3)CCN(S(C)(=N)=O)C4)c2cc1Cl. The number of fused-ring (bicyclic) bond motifs is 1. The lowest BCUT2D eigenvalue weighted by Gasteiger charge is -2.40. The van der Waals surface area contributed by atoms with E-state index in [1.165, 1.54) is 6.26 Å². The van der Waals surface area contributed by atoms with Crippen molar-refractivity contribution in [3.05, 3.63) is 29.4 Å². The fourth-order valence-corrected chi connectivity index (χ4v) is 5.59. The van der Waals surface area contributed by atoms with E-state index < -0.39 is 9.92 Å². The summed E-state index contributed by atoms with van der Waals surface area (Å²) in [5.41, 5.74) is 2.22. The lowest BCUT2D eigenvalue weighted by molar-refractivity contribution is 0.236. The highest BCUT2D eigenvalue weighted by molar-refractivity contribution is 7.89. The summed E-state index contributed by atoms with van der Waals surface area (Å²) in [4.78, 5) is 6.86. The summed E-state index contributed by atoms with van der Waals surface area (Å²) in [6.07, 6.45) is 6.49. The van der Waals surface area contributed by atoms with Gasteiger partial charge in [-0.15, -0.1) is 0 Å². The lowest BCUT2D eigenvalue weighted by Crippen LogP contribution is -2.42. The minimum Gasteiger partial charge on any atom is -0.495 e. The monoisotopic (exact) mass is 408 g/mol.